The van der Waals surface area contributed by atoms with E-state index in [1.165, 1.54) is 38.3 Å². The van der Waals surface area contributed by atoms with Crippen LogP contribution >= 0.6 is 0 Å². The molecule has 3 atom stereocenters. The van der Waals surface area contributed by atoms with Crippen LogP contribution in [0.1, 0.15) is 52.4 Å². The summed E-state index contributed by atoms with van der Waals surface area (Å²) in [4.78, 5) is 1.96. The fourth-order valence-electron chi connectivity index (χ4n) is 6.78. The van der Waals surface area contributed by atoms with Gasteiger partial charge < -0.3 is 14.7 Å². The number of alkyl halides is 1. The van der Waals surface area contributed by atoms with Gasteiger partial charge in [-0.25, -0.2) is 13.2 Å². The van der Waals surface area contributed by atoms with Crippen molar-refractivity contribution in [1.82, 2.24) is 20.4 Å². The molecule has 2 saturated carbocycles. The summed E-state index contributed by atoms with van der Waals surface area (Å²) < 4.78 is 49.0. The molecule has 2 fully saturated rings. The van der Waals surface area contributed by atoms with Crippen molar-refractivity contribution < 1.29 is 23.0 Å². The fraction of sp³-hybridized carbons (Fsp3) is 0.500. The summed E-state index contributed by atoms with van der Waals surface area (Å²) in [5.41, 5.74) is -0.0119. The third-order valence-corrected chi connectivity index (χ3v) is 8.18. The molecule has 1 aromatic carbocycles. The van der Waals surface area contributed by atoms with Gasteiger partial charge in [0.25, 0.3) is 0 Å². The average Bonchev–Trinajstić information content (AvgIpc) is 2.88. The monoisotopic (exact) mass is 527 g/mol. The van der Waals surface area contributed by atoms with Crippen LogP contribution in [0, 0.1) is 22.5 Å². The summed E-state index contributed by atoms with van der Waals surface area (Å²) in [6, 6.07) is 5.72. The van der Waals surface area contributed by atoms with Crippen LogP contribution in [0.15, 0.2) is 30.5 Å². The first-order valence-electron chi connectivity index (χ1n) is 12.9. The molecule has 1 unspecified atom stereocenters. The number of nitrogens with zero attached hydrogens (tertiary/aromatic N) is 5. The molecule has 2 bridgehead atoms. The smallest absolute Gasteiger partial charge is 0.233 e. The standard InChI is InChI=1S/C28H32F3N5O2/c1-27-7-4-8-28(2,16-27)14-18(13-27)36(10-9-29)22-6-5-20(33-34-22)24-21(37)12-19(25(30)26(24)31)17-11-23(38-3)35-32-15-17/h5-6,11-12,15,18,37H,4,7-10,13-14,16H2,1-3H3/t18?,27-,28+. The van der Waals surface area contributed by atoms with Gasteiger partial charge in [0.15, 0.2) is 17.5 Å². The molecule has 10 heteroatoms. The van der Waals surface area contributed by atoms with Gasteiger partial charge in [0.05, 0.1) is 24.6 Å². The number of rotatable bonds is 7. The number of hydrogen-bond acceptors (Lipinski definition) is 7. The molecule has 2 aliphatic rings. The Labute approximate surface area is 220 Å². The summed E-state index contributed by atoms with van der Waals surface area (Å²) in [6.07, 6.45) is 7.85. The molecular weight excluding hydrogens is 495 g/mol. The lowest BCUT2D eigenvalue weighted by atomic mass is 9.55. The number of phenolic OH excluding ortho intramolecular Hbond substituents is 1. The minimum atomic E-state index is -1.26. The quantitative estimate of drug-likeness (QED) is 0.396. The van der Waals surface area contributed by atoms with Crippen LogP contribution < -0.4 is 9.64 Å². The summed E-state index contributed by atoms with van der Waals surface area (Å²) in [5, 5.41) is 26.5. The van der Waals surface area contributed by atoms with E-state index in [4.69, 9.17) is 4.74 Å². The van der Waals surface area contributed by atoms with Crippen molar-refractivity contribution in [3.63, 3.8) is 0 Å². The van der Waals surface area contributed by atoms with Gasteiger partial charge in [-0.1, -0.05) is 20.3 Å². The van der Waals surface area contributed by atoms with Gasteiger partial charge in [-0.15, -0.1) is 15.3 Å². The van der Waals surface area contributed by atoms with Crippen molar-refractivity contribution in [2.45, 2.75) is 58.4 Å². The Morgan fingerprint density at radius 3 is 2.42 bits per heavy atom. The summed E-state index contributed by atoms with van der Waals surface area (Å²) in [6.45, 7) is 4.28. The number of aromatic hydroxyl groups is 1. The number of hydrogen-bond donors (Lipinski definition) is 1. The summed E-state index contributed by atoms with van der Waals surface area (Å²) >= 11 is 0. The number of phenols is 1. The molecule has 5 rings (SSSR count). The predicted molar refractivity (Wildman–Crippen MR) is 138 cm³/mol. The number of methoxy groups -OCH3 is 1. The van der Waals surface area contributed by atoms with E-state index in [9.17, 15) is 9.50 Å². The first-order chi connectivity index (χ1) is 18.1. The van der Waals surface area contributed by atoms with Gasteiger partial charge in [0, 0.05) is 29.8 Å². The molecule has 7 nitrogen and oxygen atoms in total. The second kappa shape index (κ2) is 10.0. The Kier molecular flexibility index (Phi) is 6.92. The number of anilines is 1. The summed E-state index contributed by atoms with van der Waals surface area (Å²) in [7, 11) is 1.38. The van der Waals surface area contributed by atoms with E-state index in [1.807, 2.05) is 4.90 Å². The zero-order chi connectivity index (χ0) is 27.1. The molecule has 3 aromatic rings. The number of halogens is 3. The Morgan fingerprint density at radius 2 is 1.79 bits per heavy atom. The summed E-state index contributed by atoms with van der Waals surface area (Å²) in [5.74, 6) is -2.34. The lowest BCUT2D eigenvalue weighted by molar-refractivity contribution is 0.0128. The normalized spacial score (nSPS) is 24.7. The topological polar surface area (TPSA) is 84.3 Å². The third kappa shape index (κ3) is 4.88. The van der Waals surface area contributed by atoms with Crippen LogP contribution in [0.25, 0.3) is 22.4 Å². The van der Waals surface area contributed by atoms with Crippen LogP contribution in [0.4, 0.5) is 19.0 Å². The van der Waals surface area contributed by atoms with Crippen molar-refractivity contribution in [2.75, 3.05) is 25.2 Å². The van der Waals surface area contributed by atoms with Gasteiger partial charge in [-0.3, -0.25) is 0 Å². The molecule has 202 valence electrons. The van der Waals surface area contributed by atoms with E-state index in [2.05, 4.69) is 34.2 Å². The van der Waals surface area contributed by atoms with E-state index in [0.717, 1.165) is 31.7 Å². The zero-order valence-corrected chi connectivity index (χ0v) is 21.8. The lowest BCUT2D eigenvalue weighted by Crippen LogP contribution is -2.50. The Morgan fingerprint density at radius 1 is 1.05 bits per heavy atom. The molecule has 0 amide bonds. The molecule has 0 saturated heterocycles. The Balaban J connectivity index is 1.45. The average molecular weight is 528 g/mol. The fourth-order valence-corrected chi connectivity index (χ4v) is 6.78. The second-order valence-electron chi connectivity index (χ2n) is 11.3. The van der Waals surface area contributed by atoms with Gasteiger partial charge in [0.2, 0.25) is 5.88 Å². The number of fused-ring (bicyclic) bond motifs is 2. The van der Waals surface area contributed by atoms with Gasteiger partial charge in [0.1, 0.15) is 12.4 Å². The number of benzene rings is 1. The van der Waals surface area contributed by atoms with Crippen LogP contribution in [0.3, 0.4) is 0 Å². The maximum absolute atomic E-state index is 15.2. The SMILES string of the molecule is COc1cc(-c2cc(O)c(-c3ccc(N(CCF)C4C[C@]5(C)CCC[C@](C)(C4)C5)nn3)c(F)c2F)cnn1. The minimum absolute atomic E-state index is 0.0285. The first kappa shape index (κ1) is 26.2. The van der Waals surface area contributed by atoms with Crippen LogP contribution in [-0.2, 0) is 0 Å². The van der Waals surface area contributed by atoms with E-state index in [0.29, 0.717) is 5.82 Å². The maximum atomic E-state index is 15.2. The molecule has 0 radical (unpaired) electrons. The predicted octanol–water partition coefficient (Wildman–Crippen LogP) is 6.12. The molecule has 0 spiro atoms. The van der Waals surface area contributed by atoms with Crippen LogP contribution in [0.5, 0.6) is 11.6 Å². The third-order valence-electron chi connectivity index (χ3n) is 8.18. The molecule has 2 heterocycles. The van der Waals surface area contributed by atoms with Gasteiger partial charge in [-0.2, -0.15) is 5.10 Å². The van der Waals surface area contributed by atoms with Crippen LogP contribution in [0.2, 0.25) is 0 Å². The first-order valence-corrected chi connectivity index (χ1v) is 12.9. The highest BCUT2D eigenvalue weighted by atomic mass is 19.2. The van der Waals surface area contributed by atoms with Crippen molar-refractivity contribution in [2.24, 2.45) is 10.8 Å². The zero-order valence-electron chi connectivity index (χ0n) is 21.8. The largest absolute Gasteiger partial charge is 0.507 e. The second-order valence-corrected chi connectivity index (χ2v) is 11.3. The maximum Gasteiger partial charge on any atom is 0.233 e. The minimum Gasteiger partial charge on any atom is -0.507 e. The highest BCUT2D eigenvalue weighted by molar-refractivity contribution is 5.75. The van der Waals surface area contributed by atoms with E-state index in [1.54, 1.807) is 6.07 Å². The van der Waals surface area contributed by atoms with E-state index < -0.39 is 29.6 Å². The highest BCUT2D eigenvalue weighted by Gasteiger charge is 2.47. The number of aromatic nitrogens is 4. The van der Waals surface area contributed by atoms with E-state index in [-0.39, 0.29) is 46.1 Å². The molecule has 2 aliphatic carbocycles. The molecule has 38 heavy (non-hydrogen) atoms. The van der Waals surface area contributed by atoms with Crippen LogP contribution in [-0.4, -0.2) is 51.9 Å². The van der Waals surface area contributed by atoms with Crippen molar-refractivity contribution in [3.05, 3.63) is 42.1 Å². The molecule has 2 aromatic heterocycles. The molecule has 0 aliphatic heterocycles. The molecular formula is C28H32F3N5O2. The van der Waals surface area contributed by atoms with Gasteiger partial charge >= 0.3 is 0 Å². The van der Waals surface area contributed by atoms with Crippen molar-refractivity contribution >= 4 is 5.82 Å². The highest BCUT2D eigenvalue weighted by Crippen LogP contribution is 2.56. The van der Waals surface area contributed by atoms with E-state index >= 15 is 8.78 Å². The van der Waals surface area contributed by atoms with Crippen molar-refractivity contribution in [1.29, 1.82) is 0 Å². The number of ether oxygens (including phenoxy) is 1. The van der Waals surface area contributed by atoms with Crippen molar-refractivity contribution in [3.8, 4) is 34.0 Å². The lowest BCUT2D eigenvalue weighted by Gasteiger charge is -2.54. The molecule has 1 N–H and O–H groups in total. The Hall–Kier alpha value is -3.43. The Bertz CT molecular complexity index is 1310. The van der Waals surface area contributed by atoms with Gasteiger partial charge in [-0.05, 0) is 61.1 Å².